The largest absolute Gasteiger partial charge is 0.481 e. The lowest BCUT2D eigenvalue weighted by atomic mass is 9.97. The molecule has 2 aromatic rings. The molecule has 0 aromatic heterocycles. The van der Waals surface area contributed by atoms with Gasteiger partial charge in [0.05, 0.1) is 4.90 Å². The van der Waals surface area contributed by atoms with Crippen molar-refractivity contribution in [2.75, 3.05) is 0 Å². The molecule has 158 valence electrons. The van der Waals surface area contributed by atoms with Gasteiger partial charge in [-0.15, -0.1) is 0 Å². The van der Waals surface area contributed by atoms with Gasteiger partial charge in [0.15, 0.2) is 0 Å². The monoisotopic (exact) mass is 481 g/mol. The minimum absolute atomic E-state index is 0.145. The number of aryl methyl sites for hydroxylation is 1. The first kappa shape index (κ1) is 23.6. The van der Waals surface area contributed by atoms with Gasteiger partial charge in [0.1, 0.15) is 0 Å². The fourth-order valence-electron chi connectivity index (χ4n) is 3.02. The highest BCUT2D eigenvalue weighted by Crippen LogP contribution is 2.25. The standard InChI is InChI=1S/C22H28BrNO4S/c1-16(2)6-15-21(24-29(27,28)20-13-11-19(23)12-14-20)18-9-7-17(8-10-18)4-3-5-22(25)26/h7-14,16,21,24H,3-6,15H2,1-2H3,(H,25,26). The summed E-state index contributed by atoms with van der Waals surface area (Å²) in [6.45, 7) is 4.23. The molecule has 1 atom stereocenters. The first-order chi connectivity index (χ1) is 13.7. The van der Waals surface area contributed by atoms with Crippen LogP contribution < -0.4 is 4.72 Å². The zero-order valence-electron chi connectivity index (χ0n) is 16.8. The number of carboxylic acid groups (broad SMARTS) is 1. The van der Waals surface area contributed by atoms with Gasteiger partial charge in [-0.05, 0) is 67.0 Å². The predicted octanol–water partition coefficient (Wildman–Crippen LogP) is 5.31. The summed E-state index contributed by atoms with van der Waals surface area (Å²) in [5.41, 5.74) is 1.96. The third-order valence-electron chi connectivity index (χ3n) is 4.69. The maximum atomic E-state index is 12.9. The first-order valence-corrected chi connectivity index (χ1v) is 12.0. The zero-order chi connectivity index (χ0) is 21.4. The van der Waals surface area contributed by atoms with Crippen LogP contribution in [0.5, 0.6) is 0 Å². The summed E-state index contributed by atoms with van der Waals surface area (Å²) < 4.78 is 29.4. The van der Waals surface area contributed by atoms with Crippen molar-refractivity contribution in [3.05, 3.63) is 64.1 Å². The minimum Gasteiger partial charge on any atom is -0.481 e. The SMILES string of the molecule is CC(C)CCC(NS(=O)(=O)c1ccc(Br)cc1)c1ccc(CCCC(=O)O)cc1. The quantitative estimate of drug-likeness (QED) is 0.455. The van der Waals surface area contributed by atoms with Crippen LogP contribution in [0.1, 0.15) is 56.7 Å². The second kappa shape index (κ2) is 10.9. The van der Waals surface area contributed by atoms with Crippen molar-refractivity contribution in [2.45, 2.75) is 56.9 Å². The molecule has 0 aliphatic rings. The molecule has 5 nitrogen and oxygen atoms in total. The van der Waals surface area contributed by atoms with Crippen LogP contribution in [0.3, 0.4) is 0 Å². The van der Waals surface area contributed by atoms with E-state index >= 15 is 0 Å². The number of rotatable bonds is 11. The summed E-state index contributed by atoms with van der Waals surface area (Å²) >= 11 is 3.33. The van der Waals surface area contributed by atoms with E-state index in [1.807, 2.05) is 24.3 Å². The average molecular weight is 482 g/mol. The molecule has 2 N–H and O–H groups in total. The van der Waals surface area contributed by atoms with Crippen molar-refractivity contribution in [3.63, 3.8) is 0 Å². The van der Waals surface area contributed by atoms with Crippen LogP contribution >= 0.6 is 15.9 Å². The lowest BCUT2D eigenvalue weighted by Crippen LogP contribution is -2.29. The highest BCUT2D eigenvalue weighted by molar-refractivity contribution is 9.10. The van der Waals surface area contributed by atoms with Crippen molar-refractivity contribution in [1.82, 2.24) is 4.72 Å². The van der Waals surface area contributed by atoms with Gasteiger partial charge in [-0.1, -0.05) is 54.0 Å². The molecule has 0 saturated carbocycles. The Bertz CT molecular complexity index is 893. The summed E-state index contributed by atoms with van der Waals surface area (Å²) in [4.78, 5) is 10.9. The third-order valence-corrected chi connectivity index (χ3v) is 6.71. The van der Waals surface area contributed by atoms with Crippen molar-refractivity contribution in [2.24, 2.45) is 5.92 Å². The van der Waals surface area contributed by atoms with Crippen molar-refractivity contribution in [3.8, 4) is 0 Å². The van der Waals surface area contributed by atoms with Gasteiger partial charge in [-0.2, -0.15) is 0 Å². The normalized spacial score (nSPS) is 12.8. The Hall–Kier alpha value is -1.70. The number of nitrogens with one attached hydrogen (secondary N) is 1. The summed E-state index contributed by atoms with van der Waals surface area (Å²) in [5, 5.41) is 8.76. The number of benzene rings is 2. The molecule has 0 radical (unpaired) electrons. The maximum absolute atomic E-state index is 12.9. The molecule has 0 heterocycles. The first-order valence-electron chi connectivity index (χ1n) is 9.76. The van der Waals surface area contributed by atoms with Gasteiger partial charge in [0.2, 0.25) is 10.0 Å². The number of carboxylic acids is 1. The van der Waals surface area contributed by atoms with Gasteiger partial charge in [-0.3, -0.25) is 4.79 Å². The third kappa shape index (κ3) is 7.91. The number of aliphatic carboxylic acids is 1. The molecule has 7 heteroatoms. The molecular weight excluding hydrogens is 454 g/mol. The smallest absolute Gasteiger partial charge is 0.303 e. The van der Waals surface area contributed by atoms with E-state index in [-0.39, 0.29) is 17.4 Å². The topological polar surface area (TPSA) is 83.5 Å². The van der Waals surface area contributed by atoms with E-state index in [9.17, 15) is 13.2 Å². The van der Waals surface area contributed by atoms with Crippen molar-refractivity contribution < 1.29 is 18.3 Å². The van der Waals surface area contributed by atoms with E-state index in [1.54, 1.807) is 24.3 Å². The summed E-state index contributed by atoms with van der Waals surface area (Å²) in [6, 6.07) is 14.0. The van der Waals surface area contributed by atoms with Gasteiger partial charge in [0.25, 0.3) is 0 Å². The number of hydrogen-bond donors (Lipinski definition) is 2. The number of hydrogen-bond acceptors (Lipinski definition) is 3. The lowest BCUT2D eigenvalue weighted by molar-refractivity contribution is -0.137. The molecule has 29 heavy (non-hydrogen) atoms. The van der Waals surface area contributed by atoms with E-state index in [4.69, 9.17) is 5.11 Å². The zero-order valence-corrected chi connectivity index (χ0v) is 19.2. The Kier molecular flexibility index (Phi) is 8.86. The highest BCUT2D eigenvalue weighted by Gasteiger charge is 2.21. The minimum atomic E-state index is -3.64. The van der Waals surface area contributed by atoms with Gasteiger partial charge < -0.3 is 5.11 Å². The summed E-state index contributed by atoms with van der Waals surface area (Å²) in [5.74, 6) is -0.331. The van der Waals surface area contributed by atoms with Crippen LogP contribution in [-0.4, -0.2) is 19.5 Å². The number of sulfonamides is 1. The van der Waals surface area contributed by atoms with Crippen LogP contribution in [-0.2, 0) is 21.2 Å². The Balaban J connectivity index is 2.16. The van der Waals surface area contributed by atoms with E-state index in [0.29, 0.717) is 25.2 Å². The van der Waals surface area contributed by atoms with Gasteiger partial charge in [0, 0.05) is 16.9 Å². The summed E-state index contributed by atoms with van der Waals surface area (Å²) in [7, 11) is -3.64. The predicted molar refractivity (Wildman–Crippen MR) is 118 cm³/mol. The fraction of sp³-hybridized carbons (Fsp3) is 0.409. The molecule has 0 spiro atoms. The van der Waals surface area contributed by atoms with E-state index in [2.05, 4.69) is 34.5 Å². The van der Waals surface area contributed by atoms with Crippen LogP contribution in [0.25, 0.3) is 0 Å². The fourth-order valence-corrected chi connectivity index (χ4v) is 4.55. The lowest BCUT2D eigenvalue weighted by Gasteiger charge is -2.21. The molecule has 2 rings (SSSR count). The molecule has 0 amide bonds. The van der Waals surface area contributed by atoms with Gasteiger partial charge >= 0.3 is 5.97 Å². The van der Waals surface area contributed by atoms with Crippen LogP contribution in [0.4, 0.5) is 0 Å². The summed E-state index contributed by atoms with van der Waals surface area (Å²) in [6.07, 6.45) is 3.01. The highest BCUT2D eigenvalue weighted by atomic mass is 79.9. The Morgan fingerprint density at radius 3 is 2.21 bits per heavy atom. The van der Waals surface area contributed by atoms with Crippen molar-refractivity contribution >= 4 is 31.9 Å². The molecule has 0 aliphatic carbocycles. The molecule has 0 bridgehead atoms. The van der Waals surface area contributed by atoms with E-state index in [1.165, 1.54) is 0 Å². The van der Waals surface area contributed by atoms with E-state index < -0.39 is 16.0 Å². The second-order valence-electron chi connectivity index (χ2n) is 7.59. The maximum Gasteiger partial charge on any atom is 0.303 e. The molecule has 0 fully saturated rings. The van der Waals surface area contributed by atoms with E-state index in [0.717, 1.165) is 22.0 Å². The van der Waals surface area contributed by atoms with Gasteiger partial charge in [-0.25, -0.2) is 13.1 Å². The van der Waals surface area contributed by atoms with Crippen molar-refractivity contribution in [1.29, 1.82) is 0 Å². The van der Waals surface area contributed by atoms with Crippen LogP contribution in [0.15, 0.2) is 57.9 Å². The second-order valence-corrected chi connectivity index (χ2v) is 10.2. The molecular formula is C22H28BrNO4S. The molecule has 0 aliphatic heterocycles. The van der Waals surface area contributed by atoms with Crippen LogP contribution in [0.2, 0.25) is 0 Å². The number of halogens is 1. The Morgan fingerprint density at radius 1 is 1.03 bits per heavy atom. The Labute approximate surface area is 181 Å². The average Bonchev–Trinajstić information content (AvgIpc) is 2.65. The number of carbonyl (C=O) groups is 1. The Morgan fingerprint density at radius 2 is 1.66 bits per heavy atom. The molecule has 2 aromatic carbocycles. The molecule has 0 saturated heterocycles. The van der Waals surface area contributed by atoms with Crippen LogP contribution in [0, 0.1) is 5.92 Å². The molecule has 1 unspecified atom stereocenters.